The molecule has 2 atom stereocenters. The van der Waals surface area contributed by atoms with E-state index in [1.54, 1.807) is 12.4 Å². The molecule has 18 heavy (non-hydrogen) atoms. The number of anilines is 1. The van der Waals surface area contributed by atoms with Crippen molar-refractivity contribution in [3.63, 3.8) is 0 Å². The van der Waals surface area contributed by atoms with E-state index >= 15 is 0 Å². The van der Waals surface area contributed by atoms with E-state index in [2.05, 4.69) is 15.3 Å². The molecule has 2 rings (SSSR count). The first-order valence-electron chi connectivity index (χ1n) is 6.65. The van der Waals surface area contributed by atoms with Crippen LogP contribution in [0.3, 0.4) is 0 Å². The van der Waals surface area contributed by atoms with E-state index in [-0.39, 0.29) is 6.61 Å². The molecule has 0 bridgehead atoms. The highest BCUT2D eigenvalue weighted by Crippen LogP contribution is 2.30. The summed E-state index contributed by atoms with van der Waals surface area (Å²) >= 11 is 0. The Morgan fingerprint density at radius 1 is 1.44 bits per heavy atom. The van der Waals surface area contributed by atoms with Crippen molar-refractivity contribution >= 4 is 5.82 Å². The van der Waals surface area contributed by atoms with Crippen LogP contribution in [0, 0.1) is 5.92 Å². The first-order chi connectivity index (χ1) is 8.83. The van der Waals surface area contributed by atoms with Gasteiger partial charge in [0.1, 0.15) is 5.82 Å². The van der Waals surface area contributed by atoms with Crippen molar-refractivity contribution < 1.29 is 9.84 Å². The molecule has 1 fully saturated rings. The van der Waals surface area contributed by atoms with Gasteiger partial charge in [-0.25, -0.2) is 0 Å². The molecule has 1 aliphatic carbocycles. The molecule has 1 aliphatic rings. The summed E-state index contributed by atoms with van der Waals surface area (Å²) in [7, 11) is 0. The van der Waals surface area contributed by atoms with E-state index in [1.807, 2.05) is 6.92 Å². The molecule has 0 radical (unpaired) electrons. The molecule has 5 nitrogen and oxygen atoms in total. The van der Waals surface area contributed by atoms with Crippen LogP contribution in [0.2, 0.25) is 0 Å². The second-order valence-corrected chi connectivity index (χ2v) is 4.63. The zero-order valence-electron chi connectivity index (χ0n) is 10.8. The van der Waals surface area contributed by atoms with Crippen molar-refractivity contribution in [3.8, 4) is 5.88 Å². The van der Waals surface area contributed by atoms with Gasteiger partial charge in [-0.3, -0.25) is 4.98 Å². The van der Waals surface area contributed by atoms with Crippen LogP contribution >= 0.6 is 0 Å². The van der Waals surface area contributed by atoms with Crippen molar-refractivity contribution in [2.75, 3.05) is 18.5 Å². The van der Waals surface area contributed by atoms with Gasteiger partial charge in [-0.05, 0) is 32.1 Å². The Morgan fingerprint density at radius 2 is 2.33 bits per heavy atom. The van der Waals surface area contributed by atoms with Gasteiger partial charge in [0.15, 0.2) is 0 Å². The zero-order valence-corrected chi connectivity index (χ0v) is 10.8. The number of aromatic nitrogens is 2. The summed E-state index contributed by atoms with van der Waals surface area (Å²) < 4.78 is 5.33. The van der Waals surface area contributed by atoms with Gasteiger partial charge < -0.3 is 15.2 Å². The summed E-state index contributed by atoms with van der Waals surface area (Å²) in [6.45, 7) is 2.78. The Kier molecular flexibility index (Phi) is 4.75. The number of nitrogens with zero attached hydrogens (tertiary/aromatic N) is 2. The number of aliphatic hydroxyl groups is 1. The number of ether oxygens (including phenoxy) is 1. The minimum atomic E-state index is 0.257. The molecule has 0 saturated heterocycles. The molecule has 0 aromatic carbocycles. The van der Waals surface area contributed by atoms with E-state index in [0.717, 1.165) is 18.7 Å². The molecule has 2 N–H and O–H groups in total. The Labute approximate surface area is 108 Å². The largest absolute Gasteiger partial charge is 0.477 e. The fraction of sp³-hybridized carbons (Fsp3) is 0.692. The summed E-state index contributed by atoms with van der Waals surface area (Å²) in [5, 5.41) is 12.5. The second kappa shape index (κ2) is 6.54. The minimum absolute atomic E-state index is 0.257. The lowest BCUT2D eigenvalue weighted by atomic mass is 10.0. The van der Waals surface area contributed by atoms with Crippen LogP contribution in [0.4, 0.5) is 5.82 Å². The number of nitrogens with one attached hydrogen (secondary N) is 1. The molecule has 1 heterocycles. The Morgan fingerprint density at radius 3 is 3.11 bits per heavy atom. The quantitative estimate of drug-likeness (QED) is 0.807. The average molecular weight is 251 g/mol. The van der Waals surface area contributed by atoms with Crippen LogP contribution in [-0.4, -0.2) is 34.3 Å². The third kappa shape index (κ3) is 3.32. The van der Waals surface area contributed by atoms with Gasteiger partial charge in [-0.15, -0.1) is 0 Å². The van der Waals surface area contributed by atoms with Crippen molar-refractivity contribution in [2.24, 2.45) is 5.92 Å². The first-order valence-corrected chi connectivity index (χ1v) is 6.65. The van der Waals surface area contributed by atoms with E-state index in [0.29, 0.717) is 24.4 Å². The van der Waals surface area contributed by atoms with E-state index in [4.69, 9.17) is 9.84 Å². The summed E-state index contributed by atoms with van der Waals surface area (Å²) in [6.07, 6.45) is 7.71. The highest BCUT2D eigenvalue weighted by atomic mass is 16.5. The van der Waals surface area contributed by atoms with Gasteiger partial charge in [-0.2, -0.15) is 4.98 Å². The van der Waals surface area contributed by atoms with Crippen LogP contribution in [0.1, 0.15) is 32.6 Å². The molecular formula is C13H21N3O2. The predicted octanol–water partition coefficient (Wildman–Crippen LogP) is 1.84. The molecule has 100 valence electrons. The maximum atomic E-state index is 9.05. The molecule has 0 aliphatic heterocycles. The van der Waals surface area contributed by atoms with E-state index < -0.39 is 0 Å². The predicted molar refractivity (Wildman–Crippen MR) is 69.7 cm³/mol. The highest BCUT2D eigenvalue weighted by Gasteiger charge is 2.26. The normalized spacial score (nSPS) is 23.0. The fourth-order valence-electron chi connectivity index (χ4n) is 2.56. The highest BCUT2D eigenvalue weighted by molar-refractivity contribution is 5.35. The first kappa shape index (κ1) is 13.1. The lowest BCUT2D eigenvalue weighted by molar-refractivity contribution is 0.254. The molecule has 1 saturated carbocycles. The van der Waals surface area contributed by atoms with Crippen molar-refractivity contribution in [2.45, 2.75) is 38.6 Å². The third-order valence-corrected chi connectivity index (χ3v) is 3.40. The van der Waals surface area contributed by atoms with Crippen molar-refractivity contribution in [1.29, 1.82) is 0 Å². The average Bonchev–Trinajstić information content (AvgIpc) is 2.78. The van der Waals surface area contributed by atoms with Gasteiger partial charge in [0.25, 0.3) is 0 Å². The van der Waals surface area contributed by atoms with Gasteiger partial charge in [0.05, 0.1) is 19.0 Å². The molecule has 5 heteroatoms. The van der Waals surface area contributed by atoms with Crippen LogP contribution < -0.4 is 10.1 Å². The minimum Gasteiger partial charge on any atom is -0.477 e. The molecule has 1 aromatic rings. The molecular weight excluding hydrogens is 230 g/mol. The van der Waals surface area contributed by atoms with Crippen LogP contribution in [-0.2, 0) is 0 Å². The molecule has 0 spiro atoms. The number of rotatable bonds is 6. The van der Waals surface area contributed by atoms with Gasteiger partial charge >= 0.3 is 0 Å². The summed E-state index contributed by atoms with van der Waals surface area (Å²) in [5.41, 5.74) is 0. The number of hydrogen-bond acceptors (Lipinski definition) is 5. The molecule has 0 amide bonds. The van der Waals surface area contributed by atoms with Crippen LogP contribution in [0.15, 0.2) is 12.4 Å². The SMILES string of the molecule is CCOc1cncc(NC2CCCC2CCO)n1. The molecule has 1 aromatic heterocycles. The topological polar surface area (TPSA) is 67.3 Å². The Bertz CT molecular complexity index is 373. The van der Waals surface area contributed by atoms with E-state index in [9.17, 15) is 0 Å². The molecule has 2 unspecified atom stereocenters. The standard InChI is InChI=1S/C13H21N3O2/c1-2-18-13-9-14-8-12(16-13)15-11-5-3-4-10(11)6-7-17/h8-11,17H,2-7H2,1H3,(H,15,16). The number of hydrogen-bond donors (Lipinski definition) is 2. The summed E-state index contributed by atoms with van der Waals surface area (Å²) in [4.78, 5) is 8.48. The smallest absolute Gasteiger partial charge is 0.234 e. The van der Waals surface area contributed by atoms with Crippen LogP contribution in [0.25, 0.3) is 0 Å². The van der Waals surface area contributed by atoms with Gasteiger partial charge in [0, 0.05) is 12.6 Å². The third-order valence-electron chi connectivity index (χ3n) is 3.40. The summed E-state index contributed by atoms with van der Waals surface area (Å²) in [6, 6.07) is 0.392. The lowest BCUT2D eigenvalue weighted by Crippen LogP contribution is -2.25. The van der Waals surface area contributed by atoms with Crippen molar-refractivity contribution in [1.82, 2.24) is 9.97 Å². The Hall–Kier alpha value is -1.36. The van der Waals surface area contributed by atoms with E-state index in [1.165, 1.54) is 12.8 Å². The van der Waals surface area contributed by atoms with Crippen LogP contribution in [0.5, 0.6) is 5.88 Å². The maximum absolute atomic E-state index is 9.05. The van der Waals surface area contributed by atoms with Gasteiger partial charge in [0.2, 0.25) is 5.88 Å². The maximum Gasteiger partial charge on any atom is 0.234 e. The lowest BCUT2D eigenvalue weighted by Gasteiger charge is -2.20. The summed E-state index contributed by atoms with van der Waals surface area (Å²) in [5.74, 6) is 1.85. The second-order valence-electron chi connectivity index (χ2n) is 4.63. The van der Waals surface area contributed by atoms with Crippen molar-refractivity contribution in [3.05, 3.63) is 12.4 Å². The Balaban J connectivity index is 1.97. The zero-order chi connectivity index (χ0) is 12.8. The number of aliphatic hydroxyl groups excluding tert-OH is 1. The fourth-order valence-corrected chi connectivity index (χ4v) is 2.56. The van der Waals surface area contributed by atoms with Gasteiger partial charge in [-0.1, -0.05) is 6.42 Å². The monoisotopic (exact) mass is 251 g/mol.